The van der Waals surface area contributed by atoms with E-state index in [2.05, 4.69) is 5.32 Å². The van der Waals surface area contributed by atoms with Gasteiger partial charge in [-0.05, 0) is 61.7 Å². The molecule has 0 saturated heterocycles. The summed E-state index contributed by atoms with van der Waals surface area (Å²) >= 11 is 0. The number of hydrogen-bond donors (Lipinski definition) is 2. The average molecular weight is 272 g/mol. The highest BCUT2D eigenvalue weighted by molar-refractivity contribution is 6.06. The number of rotatable bonds is 2. The lowest BCUT2D eigenvalue weighted by molar-refractivity contribution is 0.102. The monoisotopic (exact) mass is 272 g/mol. The summed E-state index contributed by atoms with van der Waals surface area (Å²) in [5.74, 6) is -0.667. The molecule has 0 bridgehead atoms. The minimum absolute atomic E-state index is 0.292. The standard InChI is InChI=1S/C16H17FN2O/c1-9-4-12(17)7-13(5-9)19-16(20)14-8-15(18)11(3)6-10(14)2/h4-8H,18H2,1-3H3,(H,19,20). The number of carbonyl (C=O) groups is 1. The van der Waals surface area contributed by atoms with Gasteiger partial charge in [-0.15, -0.1) is 0 Å². The van der Waals surface area contributed by atoms with Gasteiger partial charge in [-0.1, -0.05) is 6.07 Å². The Morgan fingerprint density at radius 3 is 2.40 bits per heavy atom. The number of nitrogens with two attached hydrogens (primary N) is 1. The number of nitrogens with one attached hydrogen (secondary N) is 1. The molecule has 0 heterocycles. The number of benzene rings is 2. The number of halogens is 1. The molecule has 0 atom stereocenters. The van der Waals surface area contributed by atoms with Crippen molar-refractivity contribution in [3.63, 3.8) is 0 Å². The molecule has 2 aromatic rings. The first-order valence-electron chi connectivity index (χ1n) is 6.32. The van der Waals surface area contributed by atoms with Crippen LogP contribution >= 0.6 is 0 Å². The van der Waals surface area contributed by atoms with E-state index in [1.165, 1.54) is 12.1 Å². The van der Waals surface area contributed by atoms with Gasteiger partial charge in [0.15, 0.2) is 0 Å². The molecule has 0 spiro atoms. The van der Waals surface area contributed by atoms with Gasteiger partial charge >= 0.3 is 0 Å². The van der Waals surface area contributed by atoms with E-state index in [-0.39, 0.29) is 11.7 Å². The van der Waals surface area contributed by atoms with E-state index in [1.807, 2.05) is 19.9 Å². The second kappa shape index (κ2) is 5.33. The third-order valence-corrected chi connectivity index (χ3v) is 3.16. The van der Waals surface area contributed by atoms with Crippen molar-refractivity contribution in [3.05, 3.63) is 58.4 Å². The third kappa shape index (κ3) is 2.96. The molecule has 3 nitrogen and oxygen atoms in total. The van der Waals surface area contributed by atoms with Crippen molar-refractivity contribution in [1.29, 1.82) is 0 Å². The molecule has 2 rings (SSSR count). The number of aryl methyl sites for hydroxylation is 3. The van der Waals surface area contributed by atoms with Gasteiger partial charge in [0.25, 0.3) is 5.91 Å². The van der Waals surface area contributed by atoms with Crippen LogP contribution in [0.3, 0.4) is 0 Å². The summed E-state index contributed by atoms with van der Waals surface area (Å²) in [6, 6.07) is 7.92. The molecule has 0 aromatic heterocycles. The maximum atomic E-state index is 13.3. The van der Waals surface area contributed by atoms with Gasteiger partial charge in [0.1, 0.15) is 5.82 Å². The molecule has 0 fully saturated rings. The van der Waals surface area contributed by atoms with Crippen LogP contribution in [0.2, 0.25) is 0 Å². The van der Waals surface area contributed by atoms with E-state index in [4.69, 9.17) is 5.73 Å². The molecule has 0 aliphatic rings. The molecule has 20 heavy (non-hydrogen) atoms. The van der Waals surface area contributed by atoms with Crippen LogP contribution in [0.4, 0.5) is 15.8 Å². The quantitative estimate of drug-likeness (QED) is 0.821. The fourth-order valence-electron chi connectivity index (χ4n) is 2.12. The lowest BCUT2D eigenvalue weighted by atomic mass is 10.0. The molecule has 2 aromatic carbocycles. The predicted octanol–water partition coefficient (Wildman–Crippen LogP) is 3.59. The van der Waals surface area contributed by atoms with Crippen LogP contribution in [0.15, 0.2) is 30.3 Å². The van der Waals surface area contributed by atoms with Crippen LogP contribution in [0, 0.1) is 26.6 Å². The summed E-state index contributed by atoms with van der Waals surface area (Å²) in [5, 5.41) is 2.69. The summed E-state index contributed by atoms with van der Waals surface area (Å²) in [7, 11) is 0. The summed E-state index contributed by atoms with van der Waals surface area (Å²) in [6.07, 6.45) is 0. The Hall–Kier alpha value is -2.36. The first-order chi connectivity index (χ1) is 9.36. The highest BCUT2D eigenvalue weighted by Crippen LogP contribution is 2.20. The van der Waals surface area contributed by atoms with Crippen molar-refractivity contribution in [2.24, 2.45) is 0 Å². The van der Waals surface area contributed by atoms with Crippen molar-refractivity contribution >= 4 is 17.3 Å². The Balaban J connectivity index is 2.30. The van der Waals surface area contributed by atoms with Gasteiger partial charge in [-0.2, -0.15) is 0 Å². The Morgan fingerprint density at radius 1 is 1.05 bits per heavy atom. The maximum Gasteiger partial charge on any atom is 0.256 e. The van der Waals surface area contributed by atoms with Gasteiger partial charge in [-0.25, -0.2) is 4.39 Å². The summed E-state index contributed by atoms with van der Waals surface area (Å²) in [4.78, 5) is 12.2. The van der Waals surface area contributed by atoms with E-state index in [0.717, 1.165) is 16.7 Å². The van der Waals surface area contributed by atoms with E-state index in [0.29, 0.717) is 16.9 Å². The zero-order valence-electron chi connectivity index (χ0n) is 11.8. The van der Waals surface area contributed by atoms with Crippen LogP contribution in [0.1, 0.15) is 27.0 Å². The van der Waals surface area contributed by atoms with Crippen molar-refractivity contribution in [2.45, 2.75) is 20.8 Å². The maximum absolute atomic E-state index is 13.3. The molecular formula is C16H17FN2O. The van der Waals surface area contributed by atoms with E-state index in [1.54, 1.807) is 19.1 Å². The van der Waals surface area contributed by atoms with Crippen molar-refractivity contribution in [3.8, 4) is 0 Å². The fourth-order valence-corrected chi connectivity index (χ4v) is 2.12. The molecule has 0 aliphatic carbocycles. The number of anilines is 2. The van der Waals surface area contributed by atoms with E-state index >= 15 is 0 Å². The van der Waals surface area contributed by atoms with Crippen molar-refractivity contribution in [1.82, 2.24) is 0 Å². The van der Waals surface area contributed by atoms with Gasteiger partial charge in [0, 0.05) is 16.9 Å². The molecular weight excluding hydrogens is 255 g/mol. The number of carbonyl (C=O) groups excluding carboxylic acids is 1. The first-order valence-corrected chi connectivity index (χ1v) is 6.32. The minimum atomic E-state index is -0.375. The molecule has 104 valence electrons. The third-order valence-electron chi connectivity index (χ3n) is 3.16. The lowest BCUT2D eigenvalue weighted by Crippen LogP contribution is -2.14. The Bertz CT molecular complexity index is 660. The van der Waals surface area contributed by atoms with Crippen molar-refractivity contribution in [2.75, 3.05) is 11.1 Å². The second-order valence-electron chi connectivity index (χ2n) is 5.00. The van der Waals surface area contributed by atoms with Crippen molar-refractivity contribution < 1.29 is 9.18 Å². The molecule has 3 N–H and O–H groups in total. The van der Waals surface area contributed by atoms with Gasteiger partial charge in [-0.3, -0.25) is 4.79 Å². The summed E-state index contributed by atoms with van der Waals surface area (Å²) in [5.41, 5.74) is 9.84. The van der Waals surface area contributed by atoms with Crippen LogP contribution in [0.25, 0.3) is 0 Å². The number of amides is 1. The minimum Gasteiger partial charge on any atom is -0.398 e. The zero-order valence-corrected chi connectivity index (χ0v) is 11.8. The number of nitrogen functional groups attached to an aromatic ring is 1. The van der Waals surface area contributed by atoms with Crippen LogP contribution in [-0.2, 0) is 0 Å². The molecule has 0 radical (unpaired) electrons. The molecule has 1 amide bonds. The molecule has 0 aliphatic heterocycles. The topological polar surface area (TPSA) is 55.1 Å². The average Bonchev–Trinajstić information content (AvgIpc) is 2.32. The van der Waals surface area contributed by atoms with Crippen LogP contribution in [0.5, 0.6) is 0 Å². The highest BCUT2D eigenvalue weighted by atomic mass is 19.1. The Labute approximate surface area is 117 Å². The van der Waals surface area contributed by atoms with Gasteiger partial charge in [0.2, 0.25) is 0 Å². The van der Waals surface area contributed by atoms with Gasteiger partial charge < -0.3 is 11.1 Å². The largest absolute Gasteiger partial charge is 0.398 e. The second-order valence-corrected chi connectivity index (χ2v) is 5.00. The highest BCUT2D eigenvalue weighted by Gasteiger charge is 2.12. The Morgan fingerprint density at radius 2 is 1.75 bits per heavy atom. The molecule has 0 saturated carbocycles. The van der Waals surface area contributed by atoms with Gasteiger partial charge in [0.05, 0.1) is 0 Å². The zero-order chi connectivity index (χ0) is 14.9. The summed E-state index contributed by atoms with van der Waals surface area (Å²) in [6.45, 7) is 5.51. The number of hydrogen-bond acceptors (Lipinski definition) is 2. The Kier molecular flexibility index (Phi) is 3.74. The van der Waals surface area contributed by atoms with Crippen LogP contribution < -0.4 is 11.1 Å². The molecule has 0 unspecified atom stereocenters. The first kappa shape index (κ1) is 14.1. The SMILES string of the molecule is Cc1cc(F)cc(NC(=O)c2cc(N)c(C)cc2C)c1. The fraction of sp³-hybridized carbons (Fsp3) is 0.188. The van der Waals surface area contributed by atoms with E-state index in [9.17, 15) is 9.18 Å². The smallest absolute Gasteiger partial charge is 0.256 e. The van der Waals surface area contributed by atoms with E-state index < -0.39 is 0 Å². The normalized spacial score (nSPS) is 10.4. The summed E-state index contributed by atoms with van der Waals surface area (Å²) < 4.78 is 13.3. The lowest BCUT2D eigenvalue weighted by Gasteiger charge is -2.11. The molecule has 4 heteroatoms. The predicted molar refractivity (Wildman–Crippen MR) is 79.4 cm³/mol. The van der Waals surface area contributed by atoms with Crippen LogP contribution in [-0.4, -0.2) is 5.91 Å².